The highest BCUT2D eigenvalue weighted by molar-refractivity contribution is 6.32. The van der Waals surface area contributed by atoms with Crippen LogP contribution in [0.3, 0.4) is 0 Å². The highest BCUT2D eigenvalue weighted by Crippen LogP contribution is 2.45. The van der Waals surface area contributed by atoms with Gasteiger partial charge < -0.3 is 25.6 Å². The number of aliphatic hydroxyl groups excluding tert-OH is 1. The summed E-state index contributed by atoms with van der Waals surface area (Å²) in [6, 6.07) is 4.35. The molecule has 2 unspecified atom stereocenters. The molecule has 2 fully saturated rings. The van der Waals surface area contributed by atoms with Crippen molar-refractivity contribution in [2.24, 2.45) is 17.8 Å². The third-order valence-electron chi connectivity index (χ3n) is 9.02. The predicted molar refractivity (Wildman–Crippen MR) is 150 cm³/mol. The molecule has 39 heavy (non-hydrogen) atoms. The van der Waals surface area contributed by atoms with Crippen molar-refractivity contribution in [3.8, 4) is 5.75 Å². The van der Waals surface area contributed by atoms with Gasteiger partial charge in [-0.25, -0.2) is 4.98 Å². The summed E-state index contributed by atoms with van der Waals surface area (Å²) in [5.41, 5.74) is 3.27. The average molecular weight is 554 g/mol. The second kappa shape index (κ2) is 10.9. The Morgan fingerprint density at radius 3 is 2.79 bits per heavy atom. The van der Waals surface area contributed by atoms with Gasteiger partial charge in [-0.05, 0) is 80.5 Å². The largest absolute Gasteiger partial charge is 0.494 e. The summed E-state index contributed by atoms with van der Waals surface area (Å²) in [6.45, 7) is 1.82. The lowest BCUT2D eigenvalue weighted by molar-refractivity contribution is -0.142. The molecular formula is C29H36ClN5O4. The van der Waals surface area contributed by atoms with Crippen molar-refractivity contribution in [2.75, 3.05) is 30.8 Å². The number of fused-ring (bicyclic) bond motifs is 3. The number of anilines is 3. The predicted octanol–water partition coefficient (Wildman–Crippen LogP) is 4.27. The van der Waals surface area contributed by atoms with Crippen LogP contribution < -0.4 is 15.4 Å². The van der Waals surface area contributed by atoms with E-state index in [1.807, 2.05) is 12.1 Å². The van der Waals surface area contributed by atoms with Gasteiger partial charge in [0, 0.05) is 18.6 Å². The van der Waals surface area contributed by atoms with E-state index in [9.17, 15) is 15.0 Å². The molecule has 2 heterocycles. The number of halogens is 1. The maximum absolute atomic E-state index is 11.9. The number of aliphatic carboxylic acids is 1. The van der Waals surface area contributed by atoms with Crippen LogP contribution in [0, 0.1) is 17.8 Å². The van der Waals surface area contributed by atoms with Gasteiger partial charge in [0.05, 0.1) is 31.0 Å². The molecule has 4 aliphatic rings. The zero-order chi connectivity index (χ0) is 27.1. The molecule has 1 aromatic carbocycles. The van der Waals surface area contributed by atoms with Crippen LogP contribution in [0.2, 0.25) is 5.02 Å². The number of carboxylic acid groups (broad SMARTS) is 1. The Hall–Kier alpha value is -2.88. The molecule has 10 heteroatoms. The quantitative estimate of drug-likeness (QED) is 0.294. The number of piperidine rings is 1. The normalized spacial score (nSPS) is 30.0. The molecule has 4 N–H and O–H groups in total. The lowest BCUT2D eigenvalue weighted by Gasteiger charge is -2.36. The van der Waals surface area contributed by atoms with Crippen molar-refractivity contribution in [2.45, 2.75) is 63.1 Å². The Morgan fingerprint density at radius 1 is 1.18 bits per heavy atom. The molecule has 0 amide bonds. The zero-order valence-corrected chi connectivity index (χ0v) is 22.9. The van der Waals surface area contributed by atoms with Gasteiger partial charge in [-0.15, -0.1) is 0 Å². The van der Waals surface area contributed by atoms with Crippen LogP contribution in [-0.4, -0.2) is 69.4 Å². The maximum atomic E-state index is 11.9. The second-order valence-electron chi connectivity index (χ2n) is 11.3. The molecule has 2 aromatic rings. The second-order valence-corrected chi connectivity index (χ2v) is 11.7. The van der Waals surface area contributed by atoms with Crippen molar-refractivity contribution in [3.63, 3.8) is 0 Å². The number of rotatable bonds is 7. The Balaban J connectivity index is 1.20. The lowest BCUT2D eigenvalue weighted by Crippen LogP contribution is -2.44. The number of hydrogen-bond acceptors (Lipinski definition) is 8. The Bertz CT molecular complexity index is 1270. The van der Waals surface area contributed by atoms with Gasteiger partial charge in [0.2, 0.25) is 5.95 Å². The van der Waals surface area contributed by atoms with E-state index in [4.69, 9.17) is 16.3 Å². The lowest BCUT2D eigenvalue weighted by atomic mass is 9.89. The molecule has 6 rings (SSSR count). The van der Waals surface area contributed by atoms with Crippen molar-refractivity contribution in [1.29, 1.82) is 0 Å². The molecule has 3 aliphatic carbocycles. The van der Waals surface area contributed by atoms with Crippen LogP contribution in [0.15, 0.2) is 30.5 Å². The number of nitrogens with one attached hydrogen (secondary N) is 2. The number of benzene rings is 1. The number of likely N-dealkylation sites (tertiary alicyclic amines) is 1. The number of nitrogens with zero attached hydrogens (tertiary/aromatic N) is 3. The molecule has 0 spiro atoms. The summed E-state index contributed by atoms with van der Waals surface area (Å²) < 4.78 is 5.92. The van der Waals surface area contributed by atoms with Crippen LogP contribution in [-0.2, 0) is 17.6 Å². The maximum Gasteiger partial charge on any atom is 0.309 e. The Kier molecular flexibility index (Phi) is 7.39. The van der Waals surface area contributed by atoms with Crippen molar-refractivity contribution >= 4 is 35.0 Å². The summed E-state index contributed by atoms with van der Waals surface area (Å²) in [5.74, 6) is 0.438. The van der Waals surface area contributed by atoms with E-state index < -0.39 is 11.9 Å². The molecule has 1 aliphatic heterocycles. The van der Waals surface area contributed by atoms with Crippen LogP contribution in [0.5, 0.6) is 5.75 Å². The van der Waals surface area contributed by atoms with E-state index in [1.165, 1.54) is 17.3 Å². The summed E-state index contributed by atoms with van der Waals surface area (Å²) in [5, 5.41) is 26.9. The number of carboxylic acids is 1. The SMILES string of the molecule is COc1c(Nc2ncc(Cl)c(N[C@H]3[C@@H](C(=O)O)[C@@H]4C=C[C@H]3C4)n2)ccc2c1CCC(N1CCCC(O)C1)CC2. The summed E-state index contributed by atoms with van der Waals surface area (Å²) in [6.07, 6.45) is 12.2. The van der Waals surface area contributed by atoms with Gasteiger partial charge in [-0.2, -0.15) is 4.98 Å². The standard InChI is InChI=1S/C29H36ClN5O4/c1-39-26-21-10-9-19(35-12-2-3-20(36)15-35)8-6-16(21)7-11-23(26)32-29-31-14-22(30)27(34-29)33-25-18-5-4-17(13-18)24(25)28(37)38/h4-5,7,11,14,17-20,24-25,36H,2-3,6,8-10,12-13,15H2,1H3,(H,37,38)(H2,31,32,33,34)/t17-,18+,19?,20?,24+,25-/m1/s1. The van der Waals surface area contributed by atoms with E-state index in [-0.39, 0.29) is 24.0 Å². The first-order valence-electron chi connectivity index (χ1n) is 14.0. The molecule has 1 aromatic heterocycles. The van der Waals surface area contributed by atoms with E-state index >= 15 is 0 Å². The fraction of sp³-hybridized carbons (Fsp3) is 0.552. The summed E-state index contributed by atoms with van der Waals surface area (Å²) in [7, 11) is 1.69. The number of carbonyl (C=O) groups is 1. The summed E-state index contributed by atoms with van der Waals surface area (Å²) in [4.78, 5) is 23.4. The molecule has 1 saturated heterocycles. The molecule has 1 saturated carbocycles. The average Bonchev–Trinajstić information content (AvgIpc) is 3.46. The molecule has 0 radical (unpaired) electrons. The minimum Gasteiger partial charge on any atom is -0.494 e. The Morgan fingerprint density at radius 2 is 2.00 bits per heavy atom. The van der Waals surface area contributed by atoms with E-state index in [1.54, 1.807) is 7.11 Å². The first-order valence-corrected chi connectivity index (χ1v) is 14.4. The van der Waals surface area contributed by atoms with Gasteiger partial charge in [0.25, 0.3) is 0 Å². The molecular weight excluding hydrogens is 518 g/mol. The van der Waals surface area contributed by atoms with Gasteiger partial charge >= 0.3 is 5.97 Å². The van der Waals surface area contributed by atoms with Gasteiger partial charge in [0.15, 0.2) is 5.82 Å². The Labute approximate surface area is 233 Å². The number of β-amino-alcohol motifs (C(OH)–C–C–N with tert-alkyl or cyclic N) is 1. The zero-order valence-electron chi connectivity index (χ0n) is 22.1. The molecule has 208 valence electrons. The summed E-state index contributed by atoms with van der Waals surface area (Å²) >= 11 is 6.44. The third-order valence-corrected chi connectivity index (χ3v) is 9.30. The monoisotopic (exact) mass is 553 g/mol. The topological polar surface area (TPSA) is 120 Å². The van der Waals surface area contributed by atoms with Crippen molar-refractivity contribution < 1.29 is 19.7 Å². The fourth-order valence-corrected chi connectivity index (χ4v) is 7.27. The number of aromatic nitrogens is 2. The first kappa shape index (κ1) is 26.3. The first-order chi connectivity index (χ1) is 18.9. The number of allylic oxidation sites excluding steroid dienone is 1. The number of aryl methyl sites for hydroxylation is 1. The number of ether oxygens (including phenoxy) is 1. The smallest absolute Gasteiger partial charge is 0.309 e. The minimum absolute atomic E-state index is 0.0339. The molecule has 6 atom stereocenters. The van der Waals surface area contributed by atoms with Crippen LogP contribution in [0.4, 0.5) is 17.5 Å². The van der Waals surface area contributed by atoms with Crippen LogP contribution in [0.1, 0.15) is 43.2 Å². The van der Waals surface area contributed by atoms with E-state index in [2.05, 4.69) is 37.6 Å². The van der Waals surface area contributed by atoms with Crippen LogP contribution >= 0.6 is 11.6 Å². The highest BCUT2D eigenvalue weighted by atomic mass is 35.5. The number of aliphatic hydroxyl groups is 1. The van der Waals surface area contributed by atoms with Crippen LogP contribution in [0.25, 0.3) is 0 Å². The van der Waals surface area contributed by atoms with Gasteiger partial charge in [0.1, 0.15) is 10.8 Å². The highest BCUT2D eigenvalue weighted by Gasteiger charge is 2.48. The van der Waals surface area contributed by atoms with Gasteiger partial charge in [-0.3, -0.25) is 9.69 Å². The molecule has 9 nitrogen and oxygen atoms in total. The third kappa shape index (κ3) is 5.19. The number of methoxy groups -OCH3 is 1. The van der Waals surface area contributed by atoms with Crippen molar-refractivity contribution in [1.82, 2.24) is 14.9 Å². The van der Waals surface area contributed by atoms with E-state index in [0.29, 0.717) is 22.8 Å². The van der Waals surface area contributed by atoms with Crippen molar-refractivity contribution in [3.05, 3.63) is 46.6 Å². The number of hydrogen-bond donors (Lipinski definition) is 4. The van der Waals surface area contributed by atoms with E-state index in [0.717, 1.165) is 69.5 Å². The minimum atomic E-state index is -0.804. The fourth-order valence-electron chi connectivity index (χ4n) is 7.13. The molecule has 2 bridgehead atoms. The van der Waals surface area contributed by atoms with Gasteiger partial charge in [-0.1, -0.05) is 29.8 Å².